The van der Waals surface area contributed by atoms with Crippen LogP contribution in [0.5, 0.6) is 11.5 Å². The Kier molecular flexibility index (Phi) is 5.33. The molecule has 0 aliphatic rings. The summed E-state index contributed by atoms with van der Waals surface area (Å²) in [4.78, 5) is 0. The van der Waals surface area contributed by atoms with Gasteiger partial charge in [-0.3, -0.25) is 0 Å². The van der Waals surface area contributed by atoms with Crippen molar-refractivity contribution in [1.82, 2.24) is 20.6 Å². The molecule has 2 rings (SSSR count). The van der Waals surface area contributed by atoms with Crippen LogP contribution >= 0.6 is 11.6 Å². The fourth-order valence-electron chi connectivity index (χ4n) is 1.58. The molecule has 0 spiro atoms. The minimum atomic E-state index is 0.272. The van der Waals surface area contributed by atoms with Gasteiger partial charge >= 0.3 is 0 Å². The molecule has 0 bridgehead atoms. The van der Waals surface area contributed by atoms with Gasteiger partial charge in [-0.15, -0.1) is 5.10 Å². The van der Waals surface area contributed by atoms with Crippen LogP contribution in [-0.2, 0) is 0 Å². The van der Waals surface area contributed by atoms with E-state index in [9.17, 15) is 0 Å². The normalized spacial score (nSPS) is 10.8. The molecule has 9 heteroatoms. The Morgan fingerprint density at radius 3 is 2.81 bits per heavy atom. The number of benzene rings is 1. The Hall–Kier alpha value is -2.35. The molecule has 8 nitrogen and oxygen atoms in total. The standard InChI is InChI=1S/C12H15ClN6O2/c1-3-20-10-6-8(5-9(13)11(10)21-4-2)7-14-15-12-16-18-19-17-12/h5-7H,3-4H2,1-2H3,(H2,15,16,17,18,19)/b14-7+. The molecule has 0 unspecified atom stereocenters. The zero-order chi connectivity index (χ0) is 15.1. The summed E-state index contributed by atoms with van der Waals surface area (Å²) in [5.74, 6) is 1.38. The number of halogens is 1. The lowest BCUT2D eigenvalue weighted by atomic mass is 10.2. The molecule has 0 atom stereocenters. The number of rotatable bonds is 7. The minimum absolute atomic E-state index is 0.272. The number of hydrazone groups is 1. The number of nitrogens with zero attached hydrogens (tertiary/aromatic N) is 4. The maximum atomic E-state index is 6.20. The lowest BCUT2D eigenvalue weighted by Gasteiger charge is -2.13. The van der Waals surface area contributed by atoms with Gasteiger partial charge in [-0.05, 0) is 36.8 Å². The first-order valence-electron chi connectivity index (χ1n) is 6.36. The van der Waals surface area contributed by atoms with Crippen LogP contribution in [-0.4, -0.2) is 40.1 Å². The topological polar surface area (TPSA) is 97.3 Å². The van der Waals surface area contributed by atoms with Crippen molar-refractivity contribution in [3.05, 3.63) is 22.7 Å². The zero-order valence-electron chi connectivity index (χ0n) is 11.6. The first-order chi connectivity index (χ1) is 10.2. The van der Waals surface area contributed by atoms with Gasteiger partial charge in [0.2, 0.25) is 0 Å². The van der Waals surface area contributed by atoms with Gasteiger partial charge in [0.1, 0.15) is 0 Å². The van der Waals surface area contributed by atoms with Crippen molar-refractivity contribution in [2.75, 3.05) is 18.6 Å². The molecule has 21 heavy (non-hydrogen) atoms. The number of hydrogen-bond acceptors (Lipinski definition) is 7. The number of tetrazole rings is 1. The van der Waals surface area contributed by atoms with Gasteiger partial charge < -0.3 is 9.47 Å². The van der Waals surface area contributed by atoms with Crippen LogP contribution in [0, 0.1) is 0 Å². The number of nitrogens with one attached hydrogen (secondary N) is 2. The second-order valence-electron chi connectivity index (χ2n) is 3.80. The molecule has 0 saturated carbocycles. The largest absolute Gasteiger partial charge is 0.490 e. The molecule has 0 saturated heterocycles. The van der Waals surface area contributed by atoms with Crippen molar-refractivity contribution in [3.8, 4) is 11.5 Å². The van der Waals surface area contributed by atoms with Gasteiger partial charge in [-0.2, -0.15) is 10.3 Å². The van der Waals surface area contributed by atoms with E-state index in [1.54, 1.807) is 18.3 Å². The summed E-state index contributed by atoms with van der Waals surface area (Å²) in [6.45, 7) is 4.79. The van der Waals surface area contributed by atoms with E-state index in [-0.39, 0.29) is 5.95 Å². The molecule has 0 fully saturated rings. The second-order valence-corrected chi connectivity index (χ2v) is 4.21. The van der Waals surface area contributed by atoms with Gasteiger partial charge in [-0.1, -0.05) is 16.7 Å². The van der Waals surface area contributed by atoms with Crippen molar-refractivity contribution in [2.24, 2.45) is 5.10 Å². The van der Waals surface area contributed by atoms with Crippen molar-refractivity contribution in [2.45, 2.75) is 13.8 Å². The molecule has 0 amide bonds. The molecular formula is C12H15ClN6O2. The zero-order valence-corrected chi connectivity index (χ0v) is 12.4. The lowest BCUT2D eigenvalue weighted by Crippen LogP contribution is -2.00. The predicted octanol–water partition coefficient (Wildman–Crippen LogP) is 2.10. The Morgan fingerprint density at radius 1 is 1.33 bits per heavy atom. The third kappa shape index (κ3) is 4.06. The molecular weight excluding hydrogens is 296 g/mol. The Bertz CT molecular complexity index is 602. The van der Waals surface area contributed by atoms with Crippen LogP contribution in [0.1, 0.15) is 19.4 Å². The van der Waals surface area contributed by atoms with E-state index in [1.807, 2.05) is 13.8 Å². The van der Waals surface area contributed by atoms with Crippen molar-refractivity contribution < 1.29 is 9.47 Å². The van der Waals surface area contributed by atoms with Gasteiger partial charge in [0, 0.05) is 0 Å². The maximum Gasteiger partial charge on any atom is 0.283 e. The fourth-order valence-corrected chi connectivity index (χ4v) is 1.86. The average Bonchev–Trinajstić information content (AvgIpc) is 2.96. The van der Waals surface area contributed by atoms with E-state index in [4.69, 9.17) is 21.1 Å². The van der Waals surface area contributed by atoms with Crippen molar-refractivity contribution in [1.29, 1.82) is 0 Å². The fraction of sp³-hybridized carbons (Fsp3) is 0.333. The number of anilines is 1. The highest BCUT2D eigenvalue weighted by Gasteiger charge is 2.11. The summed E-state index contributed by atoms with van der Waals surface area (Å²) in [5, 5.41) is 17.6. The molecule has 0 aliphatic carbocycles. The van der Waals surface area contributed by atoms with E-state index >= 15 is 0 Å². The van der Waals surface area contributed by atoms with Crippen molar-refractivity contribution in [3.63, 3.8) is 0 Å². The van der Waals surface area contributed by atoms with Gasteiger partial charge in [0.15, 0.2) is 11.5 Å². The van der Waals surface area contributed by atoms with E-state index < -0.39 is 0 Å². The van der Waals surface area contributed by atoms with Gasteiger partial charge in [-0.25, -0.2) is 5.43 Å². The smallest absolute Gasteiger partial charge is 0.283 e. The number of hydrogen-bond donors (Lipinski definition) is 2. The van der Waals surface area contributed by atoms with Gasteiger partial charge in [0.25, 0.3) is 5.95 Å². The number of H-pyrrole nitrogens is 1. The summed E-state index contributed by atoms with van der Waals surface area (Å²) in [6.07, 6.45) is 1.57. The molecule has 2 N–H and O–H groups in total. The highest BCUT2D eigenvalue weighted by molar-refractivity contribution is 6.32. The molecule has 112 valence electrons. The van der Waals surface area contributed by atoms with E-state index in [0.29, 0.717) is 29.7 Å². The molecule has 1 aromatic carbocycles. The first kappa shape index (κ1) is 15.0. The minimum Gasteiger partial charge on any atom is -0.490 e. The SMILES string of the molecule is CCOc1cc(/C=N/Nc2nn[nH]n2)cc(Cl)c1OCC. The highest BCUT2D eigenvalue weighted by atomic mass is 35.5. The summed E-state index contributed by atoms with van der Waals surface area (Å²) in [7, 11) is 0. The Balaban J connectivity index is 2.17. The van der Waals surface area contributed by atoms with Crippen LogP contribution < -0.4 is 14.9 Å². The van der Waals surface area contributed by atoms with Crippen LogP contribution in [0.3, 0.4) is 0 Å². The molecule has 0 aliphatic heterocycles. The second kappa shape index (κ2) is 7.44. The van der Waals surface area contributed by atoms with Gasteiger partial charge in [0.05, 0.1) is 24.5 Å². The Labute approximate surface area is 126 Å². The third-order valence-electron chi connectivity index (χ3n) is 2.34. The van der Waals surface area contributed by atoms with Crippen LogP contribution in [0.2, 0.25) is 5.02 Å². The number of ether oxygens (including phenoxy) is 2. The monoisotopic (exact) mass is 310 g/mol. The molecule has 0 radical (unpaired) electrons. The summed E-state index contributed by atoms with van der Waals surface area (Å²) in [5.41, 5.74) is 3.37. The molecule has 2 aromatic rings. The molecule has 1 heterocycles. The lowest BCUT2D eigenvalue weighted by molar-refractivity contribution is 0.288. The summed E-state index contributed by atoms with van der Waals surface area (Å²) in [6, 6.07) is 3.53. The van der Waals surface area contributed by atoms with E-state index in [2.05, 4.69) is 31.2 Å². The van der Waals surface area contributed by atoms with Crippen LogP contribution in [0.25, 0.3) is 0 Å². The van der Waals surface area contributed by atoms with Crippen LogP contribution in [0.15, 0.2) is 17.2 Å². The third-order valence-corrected chi connectivity index (χ3v) is 2.62. The van der Waals surface area contributed by atoms with Crippen molar-refractivity contribution >= 4 is 23.8 Å². The summed E-state index contributed by atoms with van der Waals surface area (Å²) >= 11 is 6.20. The predicted molar refractivity (Wildman–Crippen MR) is 79.2 cm³/mol. The molecule has 1 aromatic heterocycles. The quantitative estimate of drug-likeness (QED) is 0.600. The van der Waals surface area contributed by atoms with Crippen LogP contribution in [0.4, 0.5) is 5.95 Å². The maximum absolute atomic E-state index is 6.20. The summed E-state index contributed by atoms with van der Waals surface area (Å²) < 4.78 is 11.0. The van der Waals surface area contributed by atoms with E-state index in [1.165, 1.54) is 0 Å². The Morgan fingerprint density at radius 2 is 2.14 bits per heavy atom. The average molecular weight is 311 g/mol. The number of aromatic amines is 1. The first-order valence-corrected chi connectivity index (χ1v) is 6.74. The van der Waals surface area contributed by atoms with E-state index in [0.717, 1.165) is 5.56 Å². The highest BCUT2D eigenvalue weighted by Crippen LogP contribution is 2.36. The number of aromatic nitrogens is 4.